The molecule has 0 bridgehead atoms. The molecule has 0 spiro atoms. The van der Waals surface area contributed by atoms with Crippen LogP contribution in [0.25, 0.3) is 0 Å². The first-order valence-corrected chi connectivity index (χ1v) is 3.99. The summed E-state index contributed by atoms with van der Waals surface area (Å²) in [6.45, 7) is 2.10. The molecule has 0 aromatic rings. The van der Waals surface area contributed by atoms with E-state index in [9.17, 15) is 0 Å². The second-order valence-electron chi connectivity index (χ2n) is 2.58. The largest absolute Gasteiger partial charge is 0.388 e. The van der Waals surface area contributed by atoms with Crippen molar-refractivity contribution in [3.8, 4) is 6.26 Å². The maximum atomic E-state index is 8.30. The first-order valence-electron chi connectivity index (χ1n) is 3.99. The average Bonchev–Trinajstić information content (AvgIpc) is 2.30. The molecule has 2 nitrogen and oxygen atoms in total. The summed E-state index contributed by atoms with van der Waals surface area (Å²) < 4.78 is 4.73. The van der Waals surface area contributed by atoms with E-state index in [1.165, 1.54) is 0 Å². The SMILES string of the molecule is CCC1C=CC=CC(OC#N)=C1. The van der Waals surface area contributed by atoms with E-state index in [1.54, 1.807) is 12.3 Å². The second-order valence-corrected chi connectivity index (χ2v) is 2.58. The lowest BCUT2D eigenvalue weighted by Crippen LogP contribution is -1.90. The zero-order valence-corrected chi connectivity index (χ0v) is 7.03. The summed E-state index contributed by atoms with van der Waals surface area (Å²) in [5.74, 6) is 1.01. The Morgan fingerprint density at radius 2 is 2.42 bits per heavy atom. The molecule has 62 valence electrons. The quantitative estimate of drug-likeness (QED) is 0.583. The molecule has 0 radical (unpaired) electrons. The Hall–Kier alpha value is -1.49. The second kappa shape index (κ2) is 4.40. The molecule has 0 aromatic carbocycles. The Labute approximate surface area is 72.5 Å². The van der Waals surface area contributed by atoms with Crippen molar-refractivity contribution >= 4 is 0 Å². The summed E-state index contributed by atoms with van der Waals surface area (Å²) in [4.78, 5) is 0. The van der Waals surface area contributed by atoms with Gasteiger partial charge in [-0.25, -0.2) is 0 Å². The number of rotatable bonds is 2. The average molecular weight is 161 g/mol. The predicted molar refractivity (Wildman–Crippen MR) is 46.8 cm³/mol. The first-order chi connectivity index (χ1) is 5.86. The third-order valence-electron chi connectivity index (χ3n) is 1.74. The van der Waals surface area contributed by atoms with Crippen LogP contribution in [0.1, 0.15) is 13.3 Å². The molecule has 1 aliphatic rings. The molecule has 0 aromatic heterocycles. The summed E-state index contributed by atoms with van der Waals surface area (Å²) in [5.41, 5.74) is 0. The minimum absolute atomic E-state index is 0.378. The molecule has 0 heterocycles. The molecule has 12 heavy (non-hydrogen) atoms. The van der Waals surface area contributed by atoms with Crippen LogP contribution in [0.3, 0.4) is 0 Å². The van der Waals surface area contributed by atoms with E-state index < -0.39 is 0 Å². The fourth-order valence-electron chi connectivity index (χ4n) is 1.05. The molecule has 2 heteroatoms. The summed E-state index contributed by atoms with van der Waals surface area (Å²) in [7, 11) is 0. The summed E-state index contributed by atoms with van der Waals surface area (Å²) in [5, 5.41) is 8.30. The van der Waals surface area contributed by atoms with Gasteiger partial charge in [-0.2, -0.15) is 0 Å². The van der Waals surface area contributed by atoms with Crippen molar-refractivity contribution in [2.75, 3.05) is 0 Å². The van der Waals surface area contributed by atoms with Gasteiger partial charge < -0.3 is 4.74 Å². The number of nitriles is 1. The van der Waals surface area contributed by atoms with Gasteiger partial charge in [-0.05, 0) is 24.5 Å². The third-order valence-corrected chi connectivity index (χ3v) is 1.74. The number of hydrogen-bond donors (Lipinski definition) is 0. The van der Waals surface area contributed by atoms with Gasteiger partial charge in [-0.1, -0.05) is 25.2 Å². The molecule has 1 atom stereocenters. The van der Waals surface area contributed by atoms with E-state index in [4.69, 9.17) is 10.00 Å². The van der Waals surface area contributed by atoms with Crippen molar-refractivity contribution in [1.29, 1.82) is 5.26 Å². The molecule has 1 aliphatic carbocycles. The highest BCUT2D eigenvalue weighted by molar-refractivity contribution is 5.24. The fraction of sp³-hybridized carbons (Fsp3) is 0.300. The fourth-order valence-corrected chi connectivity index (χ4v) is 1.05. The highest BCUT2D eigenvalue weighted by Crippen LogP contribution is 2.14. The molecular weight excluding hydrogens is 150 g/mol. The third kappa shape index (κ3) is 2.28. The Morgan fingerprint density at radius 1 is 1.58 bits per heavy atom. The van der Waals surface area contributed by atoms with Crippen molar-refractivity contribution in [3.05, 3.63) is 36.1 Å². The minimum Gasteiger partial charge on any atom is -0.388 e. The van der Waals surface area contributed by atoms with Crippen LogP contribution < -0.4 is 0 Å². The lowest BCUT2D eigenvalue weighted by Gasteiger charge is -2.02. The van der Waals surface area contributed by atoms with Crippen molar-refractivity contribution in [3.63, 3.8) is 0 Å². The van der Waals surface area contributed by atoms with Crippen LogP contribution in [0.5, 0.6) is 0 Å². The molecule has 0 fully saturated rings. The van der Waals surface area contributed by atoms with Crippen LogP contribution in [0.2, 0.25) is 0 Å². The van der Waals surface area contributed by atoms with Crippen molar-refractivity contribution in [1.82, 2.24) is 0 Å². The normalized spacial score (nSPS) is 21.0. The Kier molecular flexibility index (Phi) is 3.16. The van der Waals surface area contributed by atoms with Gasteiger partial charge in [0.05, 0.1) is 0 Å². The molecular formula is C10H11NO. The van der Waals surface area contributed by atoms with Gasteiger partial charge in [-0.3, -0.25) is 0 Å². The van der Waals surface area contributed by atoms with Crippen molar-refractivity contribution < 1.29 is 4.74 Å². The number of hydrogen-bond acceptors (Lipinski definition) is 2. The van der Waals surface area contributed by atoms with Gasteiger partial charge in [0.1, 0.15) is 5.76 Å². The first kappa shape index (κ1) is 8.61. The summed E-state index contributed by atoms with van der Waals surface area (Å²) in [6.07, 6.45) is 12.4. The number of nitrogens with zero attached hydrogens (tertiary/aromatic N) is 1. The van der Waals surface area contributed by atoms with Gasteiger partial charge in [0.15, 0.2) is 0 Å². The Bertz CT molecular complexity index is 268. The van der Waals surface area contributed by atoms with E-state index in [-0.39, 0.29) is 0 Å². The van der Waals surface area contributed by atoms with Gasteiger partial charge in [0.25, 0.3) is 6.26 Å². The Balaban J connectivity index is 2.73. The zero-order valence-electron chi connectivity index (χ0n) is 7.03. The highest BCUT2D eigenvalue weighted by Gasteiger charge is 2.02. The van der Waals surface area contributed by atoms with Crippen LogP contribution in [0.15, 0.2) is 36.1 Å². The summed E-state index contributed by atoms with van der Waals surface area (Å²) in [6, 6.07) is 0. The Morgan fingerprint density at radius 3 is 3.08 bits per heavy atom. The summed E-state index contributed by atoms with van der Waals surface area (Å²) >= 11 is 0. The van der Waals surface area contributed by atoms with E-state index in [1.807, 2.05) is 18.2 Å². The minimum atomic E-state index is 0.378. The smallest absolute Gasteiger partial charge is 0.292 e. The van der Waals surface area contributed by atoms with Crippen LogP contribution in [-0.4, -0.2) is 0 Å². The van der Waals surface area contributed by atoms with Crippen molar-refractivity contribution in [2.24, 2.45) is 5.92 Å². The molecule has 0 aliphatic heterocycles. The van der Waals surface area contributed by atoms with Gasteiger partial charge in [0, 0.05) is 0 Å². The molecule has 1 unspecified atom stereocenters. The van der Waals surface area contributed by atoms with E-state index in [0.29, 0.717) is 11.7 Å². The van der Waals surface area contributed by atoms with E-state index in [2.05, 4.69) is 13.0 Å². The zero-order chi connectivity index (χ0) is 8.81. The molecule has 1 rings (SSSR count). The van der Waals surface area contributed by atoms with Gasteiger partial charge in [-0.15, -0.1) is 5.26 Å². The van der Waals surface area contributed by atoms with Crippen LogP contribution in [-0.2, 0) is 4.74 Å². The lowest BCUT2D eigenvalue weighted by molar-refractivity contribution is 0.388. The standard InChI is InChI=1S/C10H11NO/c1-2-9-5-3-4-6-10(7-9)12-8-11/h3-7,9H,2H2,1H3. The van der Waals surface area contributed by atoms with E-state index in [0.717, 1.165) is 6.42 Å². The molecule has 0 saturated carbocycles. The molecule has 0 amide bonds. The highest BCUT2D eigenvalue weighted by atomic mass is 16.5. The predicted octanol–water partition coefficient (Wildman–Crippen LogP) is 2.52. The van der Waals surface area contributed by atoms with Crippen LogP contribution in [0.4, 0.5) is 0 Å². The lowest BCUT2D eigenvalue weighted by atomic mass is 10.1. The van der Waals surface area contributed by atoms with Crippen LogP contribution >= 0.6 is 0 Å². The van der Waals surface area contributed by atoms with Crippen molar-refractivity contribution in [2.45, 2.75) is 13.3 Å². The maximum Gasteiger partial charge on any atom is 0.292 e. The van der Waals surface area contributed by atoms with Crippen LogP contribution in [0, 0.1) is 17.4 Å². The van der Waals surface area contributed by atoms with E-state index >= 15 is 0 Å². The molecule has 0 saturated heterocycles. The monoisotopic (exact) mass is 161 g/mol. The number of allylic oxidation sites excluding steroid dienone is 5. The molecule has 0 N–H and O–H groups in total. The number of ether oxygens (including phenoxy) is 1. The van der Waals surface area contributed by atoms with Gasteiger partial charge >= 0.3 is 0 Å². The van der Waals surface area contributed by atoms with Gasteiger partial charge in [0.2, 0.25) is 0 Å². The maximum absolute atomic E-state index is 8.30. The topological polar surface area (TPSA) is 33.0 Å².